The van der Waals surface area contributed by atoms with Gasteiger partial charge in [-0.2, -0.15) is 10.4 Å². The second kappa shape index (κ2) is 8.03. The average Bonchev–Trinajstić information content (AvgIpc) is 2.96. The molecule has 0 aromatic heterocycles. The molecule has 1 amide bonds. The topological polar surface area (TPSA) is 146 Å². The second-order valence-corrected chi connectivity index (χ2v) is 8.11. The molecule has 4 N–H and O–H groups in total. The molecular weight excluding hydrogens is 424 g/mol. The van der Waals surface area contributed by atoms with Gasteiger partial charge in [-0.05, 0) is 42.5 Å². The number of benzene rings is 2. The van der Waals surface area contributed by atoms with E-state index < -0.39 is 15.9 Å². The zero-order chi connectivity index (χ0) is 22.1. The van der Waals surface area contributed by atoms with E-state index in [4.69, 9.17) is 23.1 Å². The number of amides is 1. The fourth-order valence-corrected chi connectivity index (χ4v) is 3.84. The summed E-state index contributed by atoms with van der Waals surface area (Å²) in [4.78, 5) is 14.2. The molecule has 0 aliphatic carbocycles. The van der Waals surface area contributed by atoms with Crippen LogP contribution in [0.3, 0.4) is 0 Å². The lowest BCUT2D eigenvalue weighted by Crippen LogP contribution is -2.36. The molecule has 2 aromatic carbocycles. The van der Waals surface area contributed by atoms with Crippen molar-refractivity contribution in [2.75, 3.05) is 16.5 Å². The molecule has 1 aliphatic heterocycles. The number of primary sulfonamides is 1. The molecule has 30 heavy (non-hydrogen) atoms. The van der Waals surface area contributed by atoms with E-state index >= 15 is 0 Å². The molecule has 2 aromatic rings. The van der Waals surface area contributed by atoms with Crippen LogP contribution in [0.4, 0.5) is 11.4 Å². The van der Waals surface area contributed by atoms with Crippen LogP contribution in [-0.2, 0) is 14.8 Å². The average molecular weight is 441 g/mol. The minimum Gasteiger partial charge on any atom is -0.374 e. The summed E-state index contributed by atoms with van der Waals surface area (Å²) in [5, 5.41) is 19.5. The van der Waals surface area contributed by atoms with Crippen LogP contribution >= 0.6 is 12.2 Å². The molecule has 3 rings (SSSR count). The van der Waals surface area contributed by atoms with Gasteiger partial charge in [-0.15, -0.1) is 6.58 Å². The molecule has 0 saturated carbocycles. The Morgan fingerprint density at radius 2 is 2.03 bits per heavy atom. The Kier molecular flexibility index (Phi) is 5.66. The van der Waals surface area contributed by atoms with Crippen LogP contribution in [0, 0.1) is 11.3 Å². The van der Waals surface area contributed by atoms with Gasteiger partial charge in [0.05, 0.1) is 23.0 Å². The van der Waals surface area contributed by atoms with Crippen LogP contribution in [0.1, 0.15) is 11.1 Å². The van der Waals surface area contributed by atoms with Crippen molar-refractivity contribution in [3.05, 3.63) is 66.2 Å². The number of carbonyl (C=O) groups excluding carboxylic acids is 1. The van der Waals surface area contributed by atoms with Crippen molar-refractivity contribution in [1.29, 1.82) is 5.26 Å². The SMILES string of the molecule is C=CCN1C(=O)/C(=N\N(C(N)=S)c2ccccc2S(N)(=O)=O)c2cc(C#N)ccc21. The summed E-state index contributed by atoms with van der Waals surface area (Å²) < 4.78 is 24.0. The van der Waals surface area contributed by atoms with Crippen LogP contribution in [0.5, 0.6) is 0 Å². The van der Waals surface area contributed by atoms with Crippen LogP contribution in [0.25, 0.3) is 0 Å². The Morgan fingerprint density at radius 3 is 2.63 bits per heavy atom. The molecule has 0 atom stereocenters. The van der Waals surface area contributed by atoms with E-state index in [2.05, 4.69) is 11.7 Å². The number of nitriles is 1. The van der Waals surface area contributed by atoms with Crippen molar-refractivity contribution in [3.63, 3.8) is 0 Å². The Labute approximate surface area is 178 Å². The fraction of sp³-hybridized carbons (Fsp3) is 0.0526. The molecule has 11 heteroatoms. The summed E-state index contributed by atoms with van der Waals surface area (Å²) in [6.45, 7) is 3.85. The molecule has 0 bridgehead atoms. The molecule has 1 heterocycles. The van der Waals surface area contributed by atoms with Crippen molar-refractivity contribution in [3.8, 4) is 6.07 Å². The van der Waals surface area contributed by atoms with Gasteiger partial charge in [0.15, 0.2) is 10.8 Å². The van der Waals surface area contributed by atoms with Gasteiger partial charge in [-0.1, -0.05) is 18.2 Å². The number of nitrogens with zero attached hydrogens (tertiary/aromatic N) is 4. The van der Waals surface area contributed by atoms with Crippen molar-refractivity contribution >= 4 is 50.3 Å². The predicted octanol–water partition coefficient (Wildman–Crippen LogP) is 1.19. The third-order valence-electron chi connectivity index (χ3n) is 4.24. The lowest BCUT2D eigenvalue weighted by molar-refractivity contribution is -0.112. The summed E-state index contributed by atoms with van der Waals surface area (Å²) in [5.41, 5.74) is 6.97. The number of anilines is 2. The van der Waals surface area contributed by atoms with Crippen LogP contribution < -0.4 is 20.8 Å². The van der Waals surface area contributed by atoms with E-state index in [1.165, 1.54) is 29.2 Å². The maximum Gasteiger partial charge on any atom is 0.279 e. The van der Waals surface area contributed by atoms with E-state index in [1.807, 2.05) is 6.07 Å². The Hall–Kier alpha value is -3.59. The number of hydrogen-bond acceptors (Lipinski definition) is 6. The van der Waals surface area contributed by atoms with Crippen molar-refractivity contribution in [2.24, 2.45) is 16.0 Å². The summed E-state index contributed by atoms with van der Waals surface area (Å²) in [5.74, 6) is -0.477. The lowest BCUT2D eigenvalue weighted by atomic mass is 10.1. The molecule has 0 radical (unpaired) electrons. The first-order valence-corrected chi connectivity index (χ1v) is 10.4. The van der Waals surface area contributed by atoms with Crippen LogP contribution in [-0.4, -0.2) is 31.7 Å². The van der Waals surface area contributed by atoms with Crippen LogP contribution in [0.2, 0.25) is 0 Å². The highest BCUT2D eigenvalue weighted by atomic mass is 32.2. The molecular formula is C19H16N6O3S2. The van der Waals surface area contributed by atoms with Gasteiger partial charge >= 0.3 is 0 Å². The van der Waals surface area contributed by atoms with Gasteiger partial charge in [0.1, 0.15) is 4.90 Å². The van der Waals surface area contributed by atoms with Gasteiger partial charge in [0.2, 0.25) is 10.0 Å². The highest BCUT2D eigenvalue weighted by Crippen LogP contribution is 2.32. The number of carbonyl (C=O) groups is 1. The van der Waals surface area contributed by atoms with Gasteiger partial charge in [-0.25, -0.2) is 18.6 Å². The number of para-hydroxylation sites is 1. The summed E-state index contributed by atoms with van der Waals surface area (Å²) >= 11 is 5.05. The second-order valence-electron chi connectivity index (χ2n) is 6.16. The molecule has 0 spiro atoms. The number of nitrogens with two attached hydrogens (primary N) is 2. The zero-order valence-electron chi connectivity index (χ0n) is 15.5. The summed E-state index contributed by atoms with van der Waals surface area (Å²) in [7, 11) is -4.13. The van der Waals surface area contributed by atoms with E-state index in [0.29, 0.717) is 16.8 Å². The predicted molar refractivity (Wildman–Crippen MR) is 117 cm³/mol. The smallest absolute Gasteiger partial charge is 0.279 e. The first-order valence-electron chi connectivity index (χ1n) is 8.46. The molecule has 0 fully saturated rings. The van der Waals surface area contributed by atoms with Gasteiger partial charge < -0.3 is 10.6 Å². The molecule has 0 saturated heterocycles. The summed E-state index contributed by atoms with van der Waals surface area (Å²) in [6, 6.07) is 12.4. The van der Waals surface area contributed by atoms with Gasteiger partial charge in [0, 0.05) is 12.1 Å². The molecule has 0 unspecified atom stereocenters. The number of fused-ring (bicyclic) bond motifs is 1. The summed E-state index contributed by atoms with van der Waals surface area (Å²) in [6.07, 6.45) is 1.55. The number of hydrazone groups is 1. The van der Waals surface area contributed by atoms with Crippen molar-refractivity contribution < 1.29 is 13.2 Å². The van der Waals surface area contributed by atoms with E-state index in [9.17, 15) is 18.5 Å². The highest BCUT2D eigenvalue weighted by Gasteiger charge is 2.35. The third-order valence-corrected chi connectivity index (χ3v) is 5.37. The largest absolute Gasteiger partial charge is 0.374 e. The Morgan fingerprint density at radius 1 is 1.33 bits per heavy atom. The number of thiocarbonyl (C=S) groups is 1. The Balaban J connectivity index is 2.24. The third kappa shape index (κ3) is 3.79. The minimum absolute atomic E-state index is 0.00652. The zero-order valence-corrected chi connectivity index (χ0v) is 17.2. The maximum atomic E-state index is 13.0. The standard InChI is InChI=1S/C19H16N6O3S2/c1-2-9-24-14-8-7-12(11-20)10-13(14)17(18(24)26)23-25(19(21)29)15-5-3-4-6-16(15)30(22,27)28/h2-8,10H,1,9H2,(H2,21,29)(H2,22,27,28)/b23-17-. The van der Waals surface area contributed by atoms with Gasteiger partial charge in [-0.3, -0.25) is 4.79 Å². The van der Waals surface area contributed by atoms with Crippen molar-refractivity contribution in [1.82, 2.24) is 0 Å². The number of hydrogen-bond donors (Lipinski definition) is 2. The quantitative estimate of drug-likeness (QED) is 0.403. The molecule has 9 nitrogen and oxygen atoms in total. The molecule has 1 aliphatic rings. The first kappa shape index (κ1) is 21.1. The minimum atomic E-state index is -4.13. The first-order chi connectivity index (χ1) is 14.2. The van der Waals surface area contributed by atoms with E-state index in [0.717, 1.165) is 5.01 Å². The Bertz CT molecular complexity index is 1250. The maximum absolute atomic E-state index is 13.0. The molecule has 152 valence electrons. The number of sulfonamides is 1. The monoisotopic (exact) mass is 440 g/mol. The fourth-order valence-electron chi connectivity index (χ4n) is 2.98. The van der Waals surface area contributed by atoms with E-state index in [1.54, 1.807) is 24.3 Å². The number of rotatable bonds is 5. The van der Waals surface area contributed by atoms with Gasteiger partial charge in [0.25, 0.3) is 5.91 Å². The lowest BCUT2D eigenvalue weighted by Gasteiger charge is -2.20. The van der Waals surface area contributed by atoms with E-state index in [-0.39, 0.29) is 28.0 Å². The normalized spacial score (nSPS) is 14.3. The highest BCUT2D eigenvalue weighted by molar-refractivity contribution is 7.89. The van der Waals surface area contributed by atoms with Crippen LogP contribution in [0.15, 0.2) is 65.1 Å². The van der Waals surface area contributed by atoms with Crippen molar-refractivity contribution in [2.45, 2.75) is 4.90 Å².